The molecule has 0 aliphatic rings. The highest BCUT2D eigenvalue weighted by molar-refractivity contribution is 7.17. The number of hydrogen-bond donors (Lipinski definition) is 1. The number of rotatable bonds is 3. The van der Waals surface area contributed by atoms with Crippen molar-refractivity contribution in [2.45, 2.75) is 12.5 Å². The molecule has 0 aliphatic heterocycles. The maximum atomic E-state index is 10.3. The summed E-state index contributed by atoms with van der Waals surface area (Å²) in [6, 6.07) is 8.12. The topological polar surface area (TPSA) is 50.9 Å². The van der Waals surface area contributed by atoms with Gasteiger partial charge in [0, 0.05) is 18.2 Å². The average Bonchev–Trinajstić information content (AvgIpc) is 2.96. The highest BCUT2D eigenvalue weighted by Gasteiger charge is 2.15. The Balaban J connectivity index is 1.93. The van der Waals surface area contributed by atoms with Crippen LogP contribution in [0.5, 0.6) is 0 Å². The molecule has 1 N–H and O–H groups in total. The molecule has 0 bridgehead atoms. The van der Waals surface area contributed by atoms with Crippen molar-refractivity contribution in [1.29, 1.82) is 0 Å². The number of benzene rings is 1. The first-order valence-corrected chi connectivity index (χ1v) is 6.61. The summed E-state index contributed by atoms with van der Waals surface area (Å²) in [6.07, 6.45) is 1.45. The molecule has 2 heterocycles. The van der Waals surface area contributed by atoms with Crippen molar-refractivity contribution in [3.63, 3.8) is 0 Å². The zero-order valence-corrected chi connectivity index (χ0v) is 10.8. The monoisotopic (exact) mass is 259 g/mol. The van der Waals surface area contributed by atoms with Crippen LogP contribution in [-0.2, 0) is 13.5 Å². The number of thiophene rings is 1. The van der Waals surface area contributed by atoms with Gasteiger partial charge < -0.3 is 5.11 Å². The molecule has 0 spiro atoms. The zero-order valence-electron chi connectivity index (χ0n) is 9.95. The van der Waals surface area contributed by atoms with E-state index in [4.69, 9.17) is 0 Å². The van der Waals surface area contributed by atoms with E-state index in [9.17, 15) is 5.11 Å². The Morgan fingerprint density at radius 2 is 2.22 bits per heavy atom. The molecule has 1 unspecified atom stereocenters. The van der Waals surface area contributed by atoms with Crippen LogP contribution in [0.1, 0.15) is 17.5 Å². The quantitative estimate of drug-likeness (QED) is 0.785. The second kappa shape index (κ2) is 4.51. The lowest BCUT2D eigenvalue weighted by Crippen LogP contribution is -2.07. The maximum absolute atomic E-state index is 10.3. The Morgan fingerprint density at radius 3 is 3.00 bits per heavy atom. The number of hydrogen-bond acceptors (Lipinski definition) is 4. The Labute approximate surface area is 109 Å². The molecule has 1 atom stereocenters. The Morgan fingerprint density at radius 1 is 1.39 bits per heavy atom. The molecular formula is C13H13N3OS. The van der Waals surface area contributed by atoms with Crippen molar-refractivity contribution < 1.29 is 5.11 Å². The van der Waals surface area contributed by atoms with Gasteiger partial charge in [-0.15, -0.1) is 11.3 Å². The van der Waals surface area contributed by atoms with Crippen LogP contribution < -0.4 is 0 Å². The van der Waals surface area contributed by atoms with Gasteiger partial charge in [0.25, 0.3) is 0 Å². The summed E-state index contributed by atoms with van der Waals surface area (Å²) in [5.74, 6) is 0.790. The summed E-state index contributed by atoms with van der Waals surface area (Å²) in [7, 11) is 1.83. The Kier molecular flexibility index (Phi) is 2.85. The third kappa shape index (κ3) is 1.91. The van der Waals surface area contributed by atoms with Crippen molar-refractivity contribution >= 4 is 21.4 Å². The minimum atomic E-state index is -0.538. The molecule has 4 nitrogen and oxygen atoms in total. The fourth-order valence-electron chi connectivity index (χ4n) is 2.04. The summed E-state index contributed by atoms with van der Waals surface area (Å²) in [5, 5.41) is 17.5. The van der Waals surface area contributed by atoms with E-state index in [1.165, 1.54) is 11.0 Å². The summed E-state index contributed by atoms with van der Waals surface area (Å²) in [4.78, 5) is 4.14. The molecule has 3 rings (SSSR count). The number of aromatic nitrogens is 3. The number of aliphatic hydroxyl groups excluding tert-OH is 1. The van der Waals surface area contributed by atoms with Gasteiger partial charge in [-0.3, -0.25) is 4.68 Å². The summed E-state index contributed by atoms with van der Waals surface area (Å²) in [6.45, 7) is 0. The average molecular weight is 259 g/mol. The molecule has 92 valence electrons. The Bertz CT molecular complexity index is 673. The SMILES string of the molecule is Cn1ncnc1CC(O)c1csc2ccccc12. The standard InChI is InChI=1S/C13H13N3OS/c1-16-13(14-8-15-16)6-11(17)10-7-18-12-5-3-2-4-9(10)12/h2-5,7-8,11,17H,6H2,1H3. The number of fused-ring (bicyclic) bond motifs is 1. The Hall–Kier alpha value is -1.72. The van der Waals surface area contributed by atoms with E-state index in [0.29, 0.717) is 6.42 Å². The van der Waals surface area contributed by atoms with Crippen LogP contribution in [-0.4, -0.2) is 19.9 Å². The van der Waals surface area contributed by atoms with E-state index in [1.807, 2.05) is 30.6 Å². The summed E-state index contributed by atoms with van der Waals surface area (Å²) in [5.41, 5.74) is 0.971. The van der Waals surface area contributed by atoms with Crippen LogP contribution in [0.15, 0.2) is 36.0 Å². The highest BCUT2D eigenvalue weighted by atomic mass is 32.1. The van der Waals surface area contributed by atoms with E-state index in [2.05, 4.69) is 16.1 Å². The van der Waals surface area contributed by atoms with Gasteiger partial charge >= 0.3 is 0 Å². The second-order valence-electron chi connectivity index (χ2n) is 4.21. The molecule has 18 heavy (non-hydrogen) atoms. The maximum Gasteiger partial charge on any atom is 0.138 e. The summed E-state index contributed by atoms with van der Waals surface area (Å²) < 4.78 is 2.89. The molecule has 0 radical (unpaired) electrons. The van der Waals surface area contributed by atoms with Crippen LogP contribution in [0.25, 0.3) is 10.1 Å². The van der Waals surface area contributed by atoms with E-state index in [1.54, 1.807) is 16.0 Å². The second-order valence-corrected chi connectivity index (χ2v) is 5.12. The molecule has 0 saturated heterocycles. The minimum Gasteiger partial charge on any atom is -0.388 e. The lowest BCUT2D eigenvalue weighted by atomic mass is 10.1. The highest BCUT2D eigenvalue weighted by Crippen LogP contribution is 2.31. The van der Waals surface area contributed by atoms with Crippen molar-refractivity contribution in [3.8, 4) is 0 Å². The molecule has 0 aliphatic carbocycles. The number of aryl methyl sites for hydroxylation is 1. The molecule has 1 aromatic carbocycles. The molecule has 0 saturated carbocycles. The number of nitrogens with zero attached hydrogens (tertiary/aromatic N) is 3. The largest absolute Gasteiger partial charge is 0.388 e. The lowest BCUT2D eigenvalue weighted by molar-refractivity contribution is 0.176. The van der Waals surface area contributed by atoms with Crippen LogP contribution in [0, 0.1) is 0 Å². The first-order valence-electron chi connectivity index (χ1n) is 5.73. The van der Waals surface area contributed by atoms with Crippen LogP contribution in [0.3, 0.4) is 0 Å². The van der Waals surface area contributed by atoms with Crippen LogP contribution >= 0.6 is 11.3 Å². The van der Waals surface area contributed by atoms with Gasteiger partial charge in [0.15, 0.2) is 0 Å². The van der Waals surface area contributed by atoms with Gasteiger partial charge in [0.2, 0.25) is 0 Å². The minimum absolute atomic E-state index is 0.483. The van der Waals surface area contributed by atoms with Crippen molar-refractivity contribution in [1.82, 2.24) is 14.8 Å². The van der Waals surface area contributed by atoms with Gasteiger partial charge in [0.05, 0.1) is 6.10 Å². The predicted molar refractivity (Wildman–Crippen MR) is 71.5 cm³/mol. The van der Waals surface area contributed by atoms with E-state index in [-0.39, 0.29) is 0 Å². The van der Waals surface area contributed by atoms with Gasteiger partial charge in [-0.05, 0) is 22.4 Å². The number of aliphatic hydroxyl groups is 1. The van der Waals surface area contributed by atoms with Crippen molar-refractivity contribution in [2.75, 3.05) is 0 Å². The first-order chi connectivity index (χ1) is 8.75. The fraction of sp³-hybridized carbons (Fsp3) is 0.231. The van der Waals surface area contributed by atoms with Gasteiger partial charge in [-0.2, -0.15) is 5.10 Å². The molecule has 2 aromatic heterocycles. The lowest BCUT2D eigenvalue weighted by Gasteiger charge is -2.09. The third-order valence-electron chi connectivity index (χ3n) is 3.05. The fourth-order valence-corrected chi connectivity index (χ4v) is 3.05. The van der Waals surface area contributed by atoms with Gasteiger partial charge in [-0.25, -0.2) is 4.98 Å². The van der Waals surface area contributed by atoms with Crippen molar-refractivity contribution in [3.05, 3.63) is 47.4 Å². The predicted octanol–water partition coefficient (Wildman–Crippen LogP) is 2.31. The molecular weight excluding hydrogens is 246 g/mol. The van der Waals surface area contributed by atoms with Gasteiger partial charge in [0.1, 0.15) is 12.2 Å². The zero-order chi connectivity index (χ0) is 12.5. The van der Waals surface area contributed by atoms with E-state index < -0.39 is 6.10 Å². The molecule has 3 aromatic rings. The van der Waals surface area contributed by atoms with Crippen molar-refractivity contribution in [2.24, 2.45) is 7.05 Å². The van der Waals surface area contributed by atoms with Crippen LogP contribution in [0.2, 0.25) is 0 Å². The van der Waals surface area contributed by atoms with Crippen LogP contribution in [0.4, 0.5) is 0 Å². The third-order valence-corrected chi connectivity index (χ3v) is 4.03. The molecule has 0 amide bonds. The van der Waals surface area contributed by atoms with Gasteiger partial charge in [-0.1, -0.05) is 18.2 Å². The van der Waals surface area contributed by atoms with E-state index >= 15 is 0 Å². The van der Waals surface area contributed by atoms with E-state index in [0.717, 1.165) is 16.8 Å². The first kappa shape index (κ1) is 11.4. The normalized spacial score (nSPS) is 13.0. The molecule has 5 heteroatoms. The smallest absolute Gasteiger partial charge is 0.138 e. The summed E-state index contributed by atoms with van der Waals surface area (Å²) >= 11 is 1.66. The molecule has 0 fully saturated rings.